The third kappa shape index (κ3) is 3.43. The second kappa shape index (κ2) is 5.44. The van der Waals surface area contributed by atoms with Gasteiger partial charge in [0.15, 0.2) is 11.6 Å². The van der Waals surface area contributed by atoms with Crippen LogP contribution in [0.1, 0.15) is 5.56 Å². The molecule has 0 amide bonds. The van der Waals surface area contributed by atoms with Crippen LogP contribution in [0.15, 0.2) is 42.5 Å². The monoisotopic (exact) mass is 285 g/mol. The van der Waals surface area contributed by atoms with Crippen molar-refractivity contribution in [1.29, 1.82) is 0 Å². The zero-order valence-electron chi connectivity index (χ0n) is 10.2. The third-order valence-electron chi connectivity index (χ3n) is 2.64. The molecule has 0 fully saturated rings. The molecule has 0 saturated heterocycles. The molecule has 0 spiro atoms. The Bertz CT molecular complexity index is 614. The van der Waals surface area contributed by atoms with Crippen LogP contribution in [0.25, 0.3) is 0 Å². The highest BCUT2D eigenvalue weighted by Gasteiger charge is 2.26. The summed E-state index contributed by atoms with van der Waals surface area (Å²) in [7, 11) is 0. The number of hydrogen-bond acceptors (Lipinski definition) is 2. The smallest absolute Gasteiger partial charge is 0.508 e. The minimum Gasteiger partial charge on any atom is -0.508 e. The van der Waals surface area contributed by atoms with Gasteiger partial charge in [0, 0.05) is 0 Å². The van der Waals surface area contributed by atoms with Crippen LogP contribution < -0.4 is 10.2 Å². The number of rotatable bonds is 4. The molecule has 0 radical (unpaired) electrons. The van der Waals surface area contributed by atoms with Crippen molar-refractivity contribution in [2.45, 2.75) is 6.61 Å². The summed E-state index contributed by atoms with van der Waals surface area (Å²) in [6.45, 7) is -5.34. The van der Waals surface area contributed by atoms with E-state index in [1.807, 2.05) is 0 Å². The van der Waals surface area contributed by atoms with E-state index in [1.54, 1.807) is 12.1 Å². The second-order valence-electron chi connectivity index (χ2n) is 4.22. The lowest BCUT2D eigenvalue weighted by molar-refractivity contribution is 0.290. The van der Waals surface area contributed by atoms with Crippen molar-refractivity contribution in [1.82, 2.24) is 0 Å². The molecule has 20 heavy (non-hydrogen) atoms. The number of aromatic hydroxyl groups is 1. The summed E-state index contributed by atoms with van der Waals surface area (Å²) in [5.74, 6) is -1.34. The number of phenols is 1. The molecule has 0 saturated carbocycles. The molecular weight excluding hydrogens is 275 g/mol. The van der Waals surface area contributed by atoms with Gasteiger partial charge in [-0.15, -0.1) is 5.46 Å². The van der Waals surface area contributed by atoms with E-state index in [0.29, 0.717) is 17.7 Å². The summed E-state index contributed by atoms with van der Waals surface area (Å²) < 4.78 is 56.1. The largest absolute Gasteiger partial charge is 0.509 e. The number of halogens is 4. The van der Waals surface area contributed by atoms with Crippen LogP contribution in [0.5, 0.6) is 11.5 Å². The van der Waals surface area contributed by atoms with Crippen molar-refractivity contribution in [3.8, 4) is 11.5 Å². The van der Waals surface area contributed by atoms with Gasteiger partial charge in [-0.25, -0.2) is 4.39 Å². The lowest BCUT2D eigenvalue weighted by atomic mass is 9.80. The molecule has 106 valence electrons. The molecule has 2 aromatic rings. The quantitative estimate of drug-likeness (QED) is 0.690. The van der Waals surface area contributed by atoms with Gasteiger partial charge in [0.05, 0.1) is 0 Å². The third-order valence-corrected chi connectivity index (χ3v) is 2.64. The van der Waals surface area contributed by atoms with Crippen molar-refractivity contribution in [2.75, 3.05) is 0 Å². The molecule has 0 aliphatic heterocycles. The van der Waals surface area contributed by atoms with Gasteiger partial charge in [-0.2, -0.15) is 0 Å². The molecule has 0 aliphatic rings. The van der Waals surface area contributed by atoms with Gasteiger partial charge in [-0.3, -0.25) is 0 Å². The molecule has 2 nitrogen and oxygen atoms in total. The first-order valence-electron chi connectivity index (χ1n) is 5.76. The van der Waals surface area contributed by atoms with Gasteiger partial charge in [0.25, 0.3) is 0 Å². The van der Waals surface area contributed by atoms with Crippen LogP contribution >= 0.6 is 0 Å². The first-order chi connectivity index (χ1) is 9.36. The SMILES string of the molecule is Oc1cccc(COc2cc([B-](F)(F)F)ccc2F)c1. The van der Waals surface area contributed by atoms with Gasteiger partial charge in [0.1, 0.15) is 12.4 Å². The van der Waals surface area contributed by atoms with Crippen LogP contribution in [-0.4, -0.2) is 12.1 Å². The summed E-state index contributed by atoms with van der Waals surface area (Å²) in [5.41, 5.74) is -0.398. The number of hydrogen-bond donors (Lipinski definition) is 1. The average Bonchev–Trinajstić information content (AvgIpc) is 2.36. The predicted molar refractivity (Wildman–Crippen MR) is 67.6 cm³/mol. The van der Waals surface area contributed by atoms with Crippen LogP contribution in [0, 0.1) is 5.82 Å². The molecular formula is C13H10BF4O2-. The number of phenolic OH excluding ortho intramolecular Hbond substituents is 1. The van der Waals surface area contributed by atoms with Gasteiger partial charge < -0.3 is 22.8 Å². The molecule has 0 aliphatic carbocycles. The number of benzene rings is 2. The standard InChI is InChI=1S/C13H10BF4O2/c15-12-5-4-10(14(16,17)18)7-13(12)20-8-9-2-1-3-11(19)6-9/h1-7,19H,8H2/q-1. The topological polar surface area (TPSA) is 29.5 Å². The Hall–Kier alpha value is -2.18. The summed E-state index contributed by atoms with van der Waals surface area (Å²) in [5, 5.41) is 9.24. The highest BCUT2D eigenvalue weighted by Crippen LogP contribution is 2.20. The Morgan fingerprint density at radius 2 is 1.80 bits per heavy atom. The van der Waals surface area contributed by atoms with Crippen LogP contribution in [0.3, 0.4) is 0 Å². The normalized spacial score (nSPS) is 11.4. The van der Waals surface area contributed by atoms with E-state index in [2.05, 4.69) is 0 Å². The maximum Gasteiger partial charge on any atom is 0.509 e. The van der Waals surface area contributed by atoms with E-state index in [9.17, 15) is 22.4 Å². The van der Waals surface area contributed by atoms with Crippen molar-refractivity contribution in [2.24, 2.45) is 0 Å². The van der Waals surface area contributed by atoms with E-state index < -0.39 is 24.0 Å². The van der Waals surface area contributed by atoms with Crippen LogP contribution in [0.4, 0.5) is 17.3 Å². The summed E-state index contributed by atoms with van der Waals surface area (Å²) in [6.07, 6.45) is 0. The maximum absolute atomic E-state index is 13.4. The lowest BCUT2D eigenvalue weighted by Gasteiger charge is -2.16. The van der Waals surface area contributed by atoms with E-state index in [0.717, 1.165) is 6.07 Å². The lowest BCUT2D eigenvalue weighted by Crippen LogP contribution is -2.34. The molecule has 0 heterocycles. The average molecular weight is 285 g/mol. The predicted octanol–water partition coefficient (Wildman–Crippen LogP) is 3.16. The van der Waals surface area contributed by atoms with Crippen LogP contribution in [-0.2, 0) is 6.61 Å². The Morgan fingerprint density at radius 1 is 1.05 bits per heavy atom. The first-order valence-corrected chi connectivity index (χ1v) is 5.76. The summed E-state index contributed by atoms with van der Waals surface area (Å²) >= 11 is 0. The molecule has 2 aromatic carbocycles. The van der Waals surface area contributed by atoms with Gasteiger partial charge >= 0.3 is 6.98 Å². The van der Waals surface area contributed by atoms with Gasteiger partial charge in [-0.1, -0.05) is 18.2 Å². The summed E-state index contributed by atoms with van der Waals surface area (Å²) in [4.78, 5) is 0. The molecule has 0 unspecified atom stereocenters. The van der Waals surface area contributed by atoms with Crippen molar-refractivity contribution in [3.05, 3.63) is 53.8 Å². The Kier molecular flexibility index (Phi) is 3.87. The van der Waals surface area contributed by atoms with E-state index in [1.165, 1.54) is 12.1 Å². The molecule has 0 bridgehead atoms. The molecule has 7 heteroatoms. The minimum absolute atomic E-state index is 0.000975. The highest BCUT2D eigenvalue weighted by atomic mass is 19.4. The second-order valence-corrected chi connectivity index (χ2v) is 4.22. The highest BCUT2D eigenvalue weighted by molar-refractivity contribution is 6.73. The fraction of sp³-hybridized carbons (Fsp3) is 0.0769. The van der Waals surface area contributed by atoms with Crippen LogP contribution in [0.2, 0.25) is 0 Å². The van der Waals surface area contributed by atoms with E-state index >= 15 is 0 Å². The van der Waals surface area contributed by atoms with Gasteiger partial charge in [0.2, 0.25) is 0 Å². The molecule has 2 rings (SSSR count). The Labute approximate surface area is 112 Å². The molecule has 0 aromatic heterocycles. The zero-order valence-corrected chi connectivity index (χ0v) is 10.2. The number of ether oxygens (including phenoxy) is 1. The van der Waals surface area contributed by atoms with Crippen molar-refractivity contribution >= 4 is 12.4 Å². The fourth-order valence-corrected chi connectivity index (χ4v) is 1.64. The summed E-state index contributed by atoms with van der Waals surface area (Å²) in [6, 6.07) is 8.03. The molecule has 0 atom stereocenters. The van der Waals surface area contributed by atoms with E-state index in [-0.39, 0.29) is 12.4 Å². The Morgan fingerprint density at radius 3 is 2.45 bits per heavy atom. The Balaban J connectivity index is 2.17. The van der Waals surface area contributed by atoms with Crippen molar-refractivity contribution in [3.63, 3.8) is 0 Å². The fourth-order valence-electron chi connectivity index (χ4n) is 1.64. The van der Waals surface area contributed by atoms with Gasteiger partial charge in [-0.05, 0) is 29.8 Å². The zero-order chi connectivity index (χ0) is 14.8. The molecule has 1 N–H and O–H groups in total. The maximum atomic E-state index is 13.4. The minimum atomic E-state index is -5.20. The van der Waals surface area contributed by atoms with Crippen molar-refractivity contribution < 1.29 is 27.2 Å². The first kappa shape index (κ1) is 14.2. The van der Waals surface area contributed by atoms with E-state index in [4.69, 9.17) is 4.74 Å².